The van der Waals surface area contributed by atoms with E-state index in [9.17, 15) is 9.18 Å². The van der Waals surface area contributed by atoms with Gasteiger partial charge in [0.25, 0.3) is 5.91 Å². The van der Waals surface area contributed by atoms with Crippen molar-refractivity contribution in [2.24, 2.45) is 0 Å². The Morgan fingerprint density at radius 3 is 2.52 bits per heavy atom. The van der Waals surface area contributed by atoms with Crippen LogP contribution in [-0.4, -0.2) is 15.7 Å². The number of aryl methyl sites for hydroxylation is 2. The largest absolute Gasteiger partial charge is 0.321 e. The van der Waals surface area contributed by atoms with E-state index in [0.29, 0.717) is 11.4 Å². The maximum Gasteiger partial charge on any atom is 0.265 e. The van der Waals surface area contributed by atoms with Crippen molar-refractivity contribution >= 4 is 33.1 Å². The van der Waals surface area contributed by atoms with Crippen molar-refractivity contribution in [3.8, 4) is 0 Å². The molecule has 1 amide bonds. The molecule has 6 heteroatoms. The Morgan fingerprint density at radius 2 is 1.81 bits per heavy atom. The minimum atomic E-state index is -0.258. The van der Waals surface area contributed by atoms with Crippen LogP contribution in [0.3, 0.4) is 0 Å². The summed E-state index contributed by atoms with van der Waals surface area (Å²) in [5, 5.41) is 8.46. The lowest BCUT2D eigenvalue weighted by molar-refractivity contribution is 0.103. The molecule has 4 nitrogen and oxygen atoms in total. The number of hydrogen-bond donors (Lipinski definition) is 1. The number of nitrogens with one attached hydrogen (secondary N) is 1. The zero-order chi connectivity index (χ0) is 19.0. The molecule has 0 aliphatic carbocycles. The fourth-order valence-corrected chi connectivity index (χ4v) is 3.98. The minimum absolute atomic E-state index is 0.132. The Hall–Kier alpha value is -2.99. The SMILES string of the molecule is Cc1ccc(NC(=O)c2cc3c(C)nn(Cc4ccc(F)cc4)c3s2)cc1. The van der Waals surface area contributed by atoms with E-state index in [2.05, 4.69) is 10.4 Å². The average molecular weight is 379 g/mol. The minimum Gasteiger partial charge on any atom is -0.321 e. The van der Waals surface area contributed by atoms with Gasteiger partial charge in [-0.1, -0.05) is 29.8 Å². The molecule has 136 valence electrons. The van der Waals surface area contributed by atoms with Gasteiger partial charge >= 0.3 is 0 Å². The van der Waals surface area contributed by atoms with E-state index >= 15 is 0 Å². The highest BCUT2D eigenvalue weighted by Gasteiger charge is 2.16. The summed E-state index contributed by atoms with van der Waals surface area (Å²) >= 11 is 1.41. The van der Waals surface area contributed by atoms with Crippen molar-refractivity contribution < 1.29 is 9.18 Å². The number of benzene rings is 2. The first kappa shape index (κ1) is 17.4. The molecule has 0 spiro atoms. The van der Waals surface area contributed by atoms with Gasteiger partial charge in [0.2, 0.25) is 0 Å². The summed E-state index contributed by atoms with van der Waals surface area (Å²) in [6, 6.07) is 16.0. The smallest absolute Gasteiger partial charge is 0.265 e. The van der Waals surface area contributed by atoms with Gasteiger partial charge in [-0.25, -0.2) is 4.39 Å². The van der Waals surface area contributed by atoms with Crippen LogP contribution in [-0.2, 0) is 6.54 Å². The molecule has 0 fully saturated rings. The average Bonchev–Trinajstić information content (AvgIpc) is 3.21. The van der Waals surface area contributed by atoms with Crippen molar-refractivity contribution in [2.45, 2.75) is 20.4 Å². The van der Waals surface area contributed by atoms with Crippen LogP contribution in [0.2, 0.25) is 0 Å². The monoisotopic (exact) mass is 379 g/mol. The number of rotatable bonds is 4. The maximum atomic E-state index is 13.1. The third-order valence-corrected chi connectivity index (χ3v) is 5.53. The molecule has 4 rings (SSSR count). The van der Waals surface area contributed by atoms with Crippen molar-refractivity contribution in [1.29, 1.82) is 0 Å². The van der Waals surface area contributed by atoms with Crippen LogP contribution >= 0.6 is 11.3 Å². The number of halogens is 1. The summed E-state index contributed by atoms with van der Waals surface area (Å²) in [4.78, 5) is 14.2. The van der Waals surface area contributed by atoms with Gasteiger partial charge in [0.1, 0.15) is 10.6 Å². The number of amides is 1. The number of aromatic nitrogens is 2. The van der Waals surface area contributed by atoms with Gasteiger partial charge in [-0.05, 0) is 49.7 Å². The van der Waals surface area contributed by atoms with Crippen molar-refractivity contribution in [3.05, 3.63) is 82.1 Å². The summed E-state index contributed by atoms with van der Waals surface area (Å²) in [5.74, 6) is -0.389. The van der Waals surface area contributed by atoms with Gasteiger partial charge in [-0.2, -0.15) is 5.10 Å². The van der Waals surface area contributed by atoms with Gasteiger partial charge in [0.05, 0.1) is 17.1 Å². The van der Waals surface area contributed by atoms with E-state index in [1.807, 2.05) is 48.9 Å². The fourth-order valence-electron chi connectivity index (χ4n) is 2.92. The topological polar surface area (TPSA) is 46.9 Å². The molecule has 0 radical (unpaired) electrons. The molecular formula is C21H18FN3OS. The second-order valence-electron chi connectivity index (χ2n) is 6.52. The zero-order valence-electron chi connectivity index (χ0n) is 15.0. The van der Waals surface area contributed by atoms with Gasteiger partial charge in [0, 0.05) is 11.1 Å². The van der Waals surface area contributed by atoms with Gasteiger partial charge in [0.15, 0.2) is 0 Å². The molecule has 2 heterocycles. The molecule has 4 aromatic rings. The number of thiophene rings is 1. The van der Waals surface area contributed by atoms with E-state index in [0.717, 1.165) is 32.7 Å². The van der Waals surface area contributed by atoms with Crippen LogP contribution in [0, 0.1) is 19.7 Å². The van der Waals surface area contributed by atoms with Crippen LogP contribution in [0.25, 0.3) is 10.2 Å². The van der Waals surface area contributed by atoms with Crippen LogP contribution < -0.4 is 5.32 Å². The Labute approximate surface area is 160 Å². The Bertz CT molecular complexity index is 1110. The highest BCUT2D eigenvalue weighted by atomic mass is 32.1. The molecule has 0 atom stereocenters. The molecule has 0 unspecified atom stereocenters. The van der Waals surface area contributed by atoms with Crippen LogP contribution in [0.4, 0.5) is 10.1 Å². The Balaban J connectivity index is 1.60. The molecule has 0 saturated carbocycles. The molecule has 1 N–H and O–H groups in total. The number of hydrogen-bond acceptors (Lipinski definition) is 3. The second kappa shape index (κ2) is 6.96. The third-order valence-electron chi connectivity index (χ3n) is 4.39. The van der Waals surface area contributed by atoms with Gasteiger partial charge in [-0.3, -0.25) is 9.48 Å². The molecule has 0 bridgehead atoms. The summed E-state index contributed by atoms with van der Waals surface area (Å²) in [6.07, 6.45) is 0. The van der Waals surface area contributed by atoms with Crippen LogP contribution in [0.1, 0.15) is 26.5 Å². The predicted octanol–water partition coefficient (Wildman–Crippen LogP) is 5.15. The summed E-state index contributed by atoms with van der Waals surface area (Å²) < 4.78 is 15.0. The highest BCUT2D eigenvalue weighted by molar-refractivity contribution is 7.20. The van der Waals surface area contributed by atoms with E-state index < -0.39 is 0 Å². The zero-order valence-corrected chi connectivity index (χ0v) is 15.8. The number of fused-ring (bicyclic) bond motifs is 1. The van der Waals surface area contributed by atoms with Crippen molar-refractivity contribution in [1.82, 2.24) is 9.78 Å². The van der Waals surface area contributed by atoms with Gasteiger partial charge < -0.3 is 5.32 Å². The summed E-state index contributed by atoms with van der Waals surface area (Å²) in [5.41, 5.74) is 3.75. The molecule has 2 aromatic heterocycles. The molecular weight excluding hydrogens is 361 g/mol. The summed E-state index contributed by atoms with van der Waals surface area (Å²) in [6.45, 7) is 4.47. The molecule has 0 saturated heterocycles. The number of anilines is 1. The first-order chi connectivity index (χ1) is 13.0. The number of nitrogens with zero attached hydrogens (tertiary/aromatic N) is 2. The van der Waals surface area contributed by atoms with E-state index in [1.54, 1.807) is 12.1 Å². The lowest BCUT2D eigenvalue weighted by Gasteiger charge is -2.04. The summed E-state index contributed by atoms with van der Waals surface area (Å²) in [7, 11) is 0. The van der Waals surface area contributed by atoms with E-state index in [4.69, 9.17) is 0 Å². The van der Waals surface area contributed by atoms with E-state index in [1.165, 1.54) is 23.5 Å². The fraction of sp³-hybridized carbons (Fsp3) is 0.143. The van der Waals surface area contributed by atoms with Crippen molar-refractivity contribution in [2.75, 3.05) is 5.32 Å². The standard InChI is InChI=1S/C21H18FN3OS/c1-13-3-9-17(10-4-13)23-20(26)19-11-18-14(2)24-25(21(18)27-19)12-15-5-7-16(22)8-6-15/h3-11H,12H2,1-2H3,(H,23,26). The van der Waals surface area contributed by atoms with E-state index in [-0.39, 0.29) is 11.7 Å². The molecule has 27 heavy (non-hydrogen) atoms. The maximum absolute atomic E-state index is 13.1. The number of carbonyl (C=O) groups excluding carboxylic acids is 1. The van der Waals surface area contributed by atoms with Crippen molar-refractivity contribution in [3.63, 3.8) is 0 Å². The first-order valence-corrected chi connectivity index (χ1v) is 9.40. The van der Waals surface area contributed by atoms with Crippen LogP contribution in [0.15, 0.2) is 54.6 Å². The Morgan fingerprint density at radius 1 is 1.11 bits per heavy atom. The second-order valence-corrected chi connectivity index (χ2v) is 7.55. The normalized spacial score (nSPS) is 11.1. The predicted molar refractivity (Wildman–Crippen MR) is 107 cm³/mol. The Kier molecular flexibility index (Phi) is 4.49. The molecule has 2 aromatic carbocycles. The number of carbonyl (C=O) groups is 1. The quantitative estimate of drug-likeness (QED) is 0.533. The lowest BCUT2D eigenvalue weighted by atomic mass is 10.2. The molecule has 0 aliphatic rings. The lowest BCUT2D eigenvalue weighted by Crippen LogP contribution is -2.10. The van der Waals surface area contributed by atoms with Gasteiger partial charge in [-0.15, -0.1) is 11.3 Å². The molecule has 0 aliphatic heterocycles. The highest BCUT2D eigenvalue weighted by Crippen LogP contribution is 2.29. The van der Waals surface area contributed by atoms with Crippen LogP contribution in [0.5, 0.6) is 0 Å². The third kappa shape index (κ3) is 3.61. The first-order valence-electron chi connectivity index (χ1n) is 8.59.